The number of anilines is 2. The van der Waals surface area contributed by atoms with Gasteiger partial charge in [0.1, 0.15) is 11.9 Å². The molecular weight excluding hydrogens is 457 g/mol. The van der Waals surface area contributed by atoms with E-state index in [2.05, 4.69) is 5.32 Å². The van der Waals surface area contributed by atoms with Crippen LogP contribution in [0.2, 0.25) is 5.02 Å². The lowest BCUT2D eigenvalue weighted by Crippen LogP contribution is -2.44. The molecule has 2 aromatic carbocycles. The molecule has 2 aromatic rings. The van der Waals surface area contributed by atoms with Crippen molar-refractivity contribution in [2.24, 2.45) is 0 Å². The zero-order chi connectivity index (χ0) is 23.0. The second-order valence-electron chi connectivity index (χ2n) is 7.98. The number of amides is 2. The highest BCUT2D eigenvalue weighted by Gasteiger charge is 2.38. The second-order valence-corrected chi connectivity index (χ2v) is 10.3. The van der Waals surface area contributed by atoms with Crippen LogP contribution >= 0.6 is 11.6 Å². The van der Waals surface area contributed by atoms with Crippen molar-refractivity contribution < 1.29 is 22.4 Å². The summed E-state index contributed by atoms with van der Waals surface area (Å²) in [5.41, 5.74) is 1.33. The summed E-state index contributed by atoms with van der Waals surface area (Å²) in [7, 11) is -3.64. The molecule has 2 aliphatic heterocycles. The largest absolute Gasteiger partial charge is 0.323 e. The third kappa shape index (κ3) is 4.24. The van der Waals surface area contributed by atoms with E-state index >= 15 is 0 Å². The fraction of sp³-hybridized carbons (Fsp3) is 0.364. The van der Waals surface area contributed by atoms with Gasteiger partial charge in [-0.15, -0.1) is 0 Å². The summed E-state index contributed by atoms with van der Waals surface area (Å²) in [6.45, 7) is 2.32. The maximum Gasteiger partial charge on any atom is 0.247 e. The molecule has 4 rings (SSSR count). The van der Waals surface area contributed by atoms with Crippen LogP contribution in [0.3, 0.4) is 0 Å². The molecule has 2 amide bonds. The van der Waals surface area contributed by atoms with Gasteiger partial charge >= 0.3 is 0 Å². The van der Waals surface area contributed by atoms with Crippen LogP contribution < -0.4 is 10.2 Å². The van der Waals surface area contributed by atoms with Crippen LogP contribution in [0.1, 0.15) is 31.7 Å². The smallest absolute Gasteiger partial charge is 0.247 e. The Morgan fingerprint density at radius 3 is 2.47 bits per heavy atom. The first-order valence-electron chi connectivity index (χ1n) is 10.4. The minimum Gasteiger partial charge on any atom is -0.323 e. The van der Waals surface area contributed by atoms with Crippen LogP contribution in [-0.4, -0.2) is 43.7 Å². The number of carbonyl (C=O) groups is 2. The van der Waals surface area contributed by atoms with E-state index in [-0.39, 0.29) is 27.9 Å². The summed E-state index contributed by atoms with van der Waals surface area (Å²) in [5.74, 6) is -1.37. The third-order valence-electron chi connectivity index (χ3n) is 5.82. The number of rotatable bonds is 4. The van der Waals surface area contributed by atoms with E-state index in [1.807, 2.05) is 0 Å². The van der Waals surface area contributed by atoms with Crippen LogP contribution in [0, 0.1) is 5.82 Å². The molecule has 0 aromatic heterocycles. The predicted molar refractivity (Wildman–Crippen MR) is 120 cm³/mol. The Labute approximate surface area is 191 Å². The molecule has 0 bridgehead atoms. The number of nitrogens with one attached hydrogen (secondary N) is 1. The van der Waals surface area contributed by atoms with Crippen molar-refractivity contribution in [2.75, 3.05) is 23.3 Å². The zero-order valence-corrected chi connectivity index (χ0v) is 19.0. The van der Waals surface area contributed by atoms with Gasteiger partial charge in [-0.1, -0.05) is 18.0 Å². The van der Waals surface area contributed by atoms with Gasteiger partial charge in [0.25, 0.3) is 0 Å². The SMILES string of the molecule is CC(=O)N1c2ccc(S(=O)(=O)N3CCCCC3)cc2C[C@H]1C(=O)Nc1ccc(F)cc1Cl. The van der Waals surface area contributed by atoms with Gasteiger partial charge in [-0.25, -0.2) is 12.8 Å². The van der Waals surface area contributed by atoms with Crippen molar-refractivity contribution in [2.45, 2.75) is 43.5 Å². The molecule has 1 fully saturated rings. The van der Waals surface area contributed by atoms with E-state index < -0.39 is 27.8 Å². The number of fused-ring (bicyclic) bond motifs is 1. The quantitative estimate of drug-likeness (QED) is 0.726. The summed E-state index contributed by atoms with van der Waals surface area (Å²) in [6, 6.07) is 7.33. The van der Waals surface area contributed by atoms with E-state index in [1.54, 1.807) is 12.1 Å². The second kappa shape index (κ2) is 8.80. The molecule has 0 saturated carbocycles. The molecule has 170 valence electrons. The Balaban J connectivity index is 1.61. The van der Waals surface area contributed by atoms with Crippen molar-refractivity contribution in [1.82, 2.24) is 4.31 Å². The first-order valence-corrected chi connectivity index (χ1v) is 12.2. The molecule has 2 aliphatic rings. The normalized spacial score (nSPS) is 19.0. The fourth-order valence-electron chi connectivity index (χ4n) is 4.25. The van der Waals surface area contributed by atoms with Crippen LogP contribution in [0.4, 0.5) is 15.8 Å². The molecular formula is C22H23ClFN3O4S. The average molecular weight is 480 g/mol. The van der Waals surface area contributed by atoms with Gasteiger partial charge in [-0.05, 0) is 54.8 Å². The number of nitrogens with zero attached hydrogens (tertiary/aromatic N) is 2. The topological polar surface area (TPSA) is 86.8 Å². The van der Waals surface area contributed by atoms with Gasteiger partial charge in [-0.2, -0.15) is 4.31 Å². The highest BCUT2D eigenvalue weighted by Crippen LogP contribution is 2.36. The van der Waals surface area contributed by atoms with Crippen LogP contribution in [0.25, 0.3) is 0 Å². The maximum atomic E-state index is 13.3. The van der Waals surface area contributed by atoms with Crippen LogP contribution in [-0.2, 0) is 26.0 Å². The van der Waals surface area contributed by atoms with Crippen molar-refractivity contribution in [3.05, 3.63) is 52.8 Å². The van der Waals surface area contributed by atoms with Crippen LogP contribution in [0.15, 0.2) is 41.3 Å². The lowest BCUT2D eigenvalue weighted by Gasteiger charge is -2.26. The minimum atomic E-state index is -3.64. The molecule has 1 N–H and O–H groups in total. The average Bonchev–Trinajstić information content (AvgIpc) is 3.15. The third-order valence-corrected chi connectivity index (χ3v) is 8.03. The molecule has 0 spiro atoms. The fourth-order valence-corrected chi connectivity index (χ4v) is 6.03. The number of sulfonamides is 1. The number of halogens is 2. The van der Waals surface area contributed by atoms with Crippen molar-refractivity contribution in [3.8, 4) is 0 Å². The number of hydrogen-bond donors (Lipinski definition) is 1. The molecule has 7 nitrogen and oxygen atoms in total. The van der Waals surface area contributed by atoms with E-state index in [9.17, 15) is 22.4 Å². The molecule has 1 atom stereocenters. The lowest BCUT2D eigenvalue weighted by molar-refractivity contribution is -0.122. The summed E-state index contributed by atoms with van der Waals surface area (Å²) in [4.78, 5) is 26.8. The van der Waals surface area contributed by atoms with E-state index in [1.165, 1.54) is 34.3 Å². The summed E-state index contributed by atoms with van der Waals surface area (Å²) in [6.07, 6.45) is 2.83. The Bertz CT molecular complexity index is 1180. The molecule has 0 unspecified atom stereocenters. The van der Waals surface area contributed by atoms with E-state index in [0.29, 0.717) is 24.3 Å². The van der Waals surface area contributed by atoms with Gasteiger partial charge in [0.2, 0.25) is 21.8 Å². The van der Waals surface area contributed by atoms with Crippen molar-refractivity contribution in [3.63, 3.8) is 0 Å². The van der Waals surface area contributed by atoms with Crippen LogP contribution in [0.5, 0.6) is 0 Å². The monoisotopic (exact) mass is 479 g/mol. The summed E-state index contributed by atoms with van der Waals surface area (Å²) < 4.78 is 40.9. The highest BCUT2D eigenvalue weighted by molar-refractivity contribution is 7.89. The zero-order valence-electron chi connectivity index (χ0n) is 17.5. The maximum absolute atomic E-state index is 13.3. The van der Waals surface area contributed by atoms with E-state index in [4.69, 9.17) is 11.6 Å². The number of hydrogen-bond acceptors (Lipinski definition) is 4. The van der Waals surface area contributed by atoms with Crippen molar-refractivity contribution >= 4 is 44.8 Å². The molecule has 10 heteroatoms. The first-order chi connectivity index (χ1) is 15.2. The van der Waals surface area contributed by atoms with Gasteiger partial charge in [-0.3, -0.25) is 14.5 Å². The molecule has 2 heterocycles. The van der Waals surface area contributed by atoms with Gasteiger partial charge < -0.3 is 5.32 Å². The Morgan fingerprint density at radius 2 is 1.81 bits per heavy atom. The van der Waals surface area contributed by atoms with Gasteiger partial charge in [0.05, 0.1) is 15.6 Å². The lowest BCUT2D eigenvalue weighted by atomic mass is 10.1. The molecule has 0 radical (unpaired) electrons. The molecule has 1 saturated heterocycles. The predicted octanol–water partition coefficient (Wildman–Crippen LogP) is 3.57. The summed E-state index contributed by atoms with van der Waals surface area (Å²) in [5, 5.41) is 2.68. The first kappa shape index (κ1) is 22.7. The minimum absolute atomic E-state index is 0.0400. The number of piperidine rings is 1. The van der Waals surface area contributed by atoms with Gasteiger partial charge in [0, 0.05) is 32.1 Å². The van der Waals surface area contributed by atoms with Crippen molar-refractivity contribution in [1.29, 1.82) is 0 Å². The Kier molecular flexibility index (Phi) is 6.24. The summed E-state index contributed by atoms with van der Waals surface area (Å²) >= 11 is 6.01. The highest BCUT2D eigenvalue weighted by atomic mass is 35.5. The Morgan fingerprint density at radius 1 is 1.09 bits per heavy atom. The standard InChI is InChI=1S/C22H23ClFN3O4S/c1-14(28)27-20-8-6-17(32(30,31)26-9-3-2-4-10-26)11-15(20)12-21(27)22(29)25-19-7-5-16(24)13-18(19)23/h5-8,11,13,21H,2-4,9-10,12H2,1H3,(H,25,29)/t21-/m0/s1. The molecule has 32 heavy (non-hydrogen) atoms. The number of benzene rings is 2. The molecule has 0 aliphatic carbocycles. The Hall–Kier alpha value is -2.49. The number of carbonyl (C=O) groups excluding carboxylic acids is 2. The van der Waals surface area contributed by atoms with E-state index in [0.717, 1.165) is 25.3 Å². The van der Waals surface area contributed by atoms with Gasteiger partial charge in [0.15, 0.2) is 0 Å².